The van der Waals surface area contributed by atoms with Crippen LogP contribution in [0.4, 0.5) is 0 Å². The largest absolute Gasteiger partial charge is 0.458 e. The molecule has 0 aliphatic carbocycles. The number of benzene rings is 1. The van der Waals surface area contributed by atoms with E-state index in [-0.39, 0.29) is 25.1 Å². The Bertz CT molecular complexity index is 1360. The third-order valence-electron chi connectivity index (χ3n) is 6.34. The molecule has 0 radical (unpaired) electrons. The minimum atomic E-state index is -1.86. The lowest BCUT2D eigenvalue weighted by Crippen LogP contribution is -2.44. The number of cyclic esters (lactones) is 1. The van der Waals surface area contributed by atoms with Crippen LogP contribution < -0.4 is 11.3 Å². The molecule has 1 atom stereocenters. The molecule has 9 heteroatoms. The zero-order valence-electron chi connectivity index (χ0n) is 18.2. The van der Waals surface area contributed by atoms with Gasteiger partial charge in [0.2, 0.25) is 0 Å². The number of ether oxygens (including phenoxy) is 1. The maximum atomic E-state index is 13.4. The maximum Gasteiger partial charge on any atom is 0.343 e. The van der Waals surface area contributed by atoms with Crippen molar-refractivity contribution in [2.45, 2.75) is 38.5 Å². The monoisotopic (exact) mass is 448 g/mol. The number of carbonyl (C=O) groups is 1. The van der Waals surface area contributed by atoms with Gasteiger partial charge in [-0.2, -0.15) is 0 Å². The van der Waals surface area contributed by atoms with Crippen LogP contribution in [0.25, 0.3) is 22.3 Å². The van der Waals surface area contributed by atoms with Gasteiger partial charge in [-0.05, 0) is 31.5 Å². The number of aromatic nitrogens is 2. The van der Waals surface area contributed by atoms with Gasteiger partial charge in [0.05, 0.1) is 35.2 Å². The highest BCUT2D eigenvalue weighted by Gasteiger charge is 2.45. The minimum Gasteiger partial charge on any atom is -0.458 e. The summed E-state index contributed by atoms with van der Waals surface area (Å²) in [5.41, 5.74) is 7.48. The summed E-state index contributed by atoms with van der Waals surface area (Å²) in [6.45, 7) is 2.73. The van der Waals surface area contributed by atoms with Crippen molar-refractivity contribution < 1.29 is 19.5 Å². The molecule has 0 fully saturated rings. The molecule has 4 heterocycles. The van der Waals surface area contributed by atoms with E-state index in [1.165, 1.54) is 0 Å². The number of pyridine rings is 2. The van der Waals surface area contributed by atoms with Crippen LogP contribution in [0.2, 0.25) is 0 Å². The molecule has 0 saturated heterocycles. The Labute approximate surface area is 189 Å². The summed E-state index contributed by atoms with van der Waals surface area (Å²) in [4.78, 5) is 35.9. The third kappa shape index (κ3) is 3.23. The van der Waals surface area contributed by atoms with E-state index in [0.29, 0.717) is 42.1 Å². The number of carbonyl (C=O) groups excluding carboxylic acids is 1. The van der Waals surface area contributed by atoms with Crippen LogP contribution in [0.1, 0.15) is 42.0 Å². The van der Waals surface area contributed by atoms with Crippen molar-refractivity contribution >= 4 is 23.1 Å². The van der Waals surface area contributed by atoms with Crippen molar-refractivity contribution in [1.82, 2.24) is 9.55 Å². The molecule has 9 nitrogen and oxygen atoms in total. The van der Waals surface area contributed by atoms with Crippen molar-refractivity contribution in [3.63, 3.8) is 0 Å². The number of nitrogens with two attached hydrogens (primary N) is 1. The number of rotatable bonds is 6. The number of fused-ring (bicyclic) bond motifs is 5. The van der Waals surface area contributed by atoms with E-state index >= 15 is 0 Å². The van der Waals surface area contributed by atoms with E-state index < -0.39 is 11.6 Å². The summed E-state index contributed by atoms with van der Waals surface area (Å²) in [5, 5.41) is 16.0. The second-order valence-electron chi connectivity index (χ2n) is 8.18. The van der Waals surface area contributed by atoms with Crippen molar-refractivity contribution in [1.29, 1.82) is 0 Å². The van der Waals surface area contributed by atoms with Crippen LogP contribution in [0.3, 0.4) is 0 Å². The van der Waals surface area contributed by atoms with Gasteiger partial charge < -0.3 is 25.0 Å². The smallest absolute Gasteiger partial charge is 0.343 e. The third-order valence-corrected chi connectivity index (χ3v) is 6.34. The number of para-hydroxylation sites is 1. The zero-order valence-corrected chi connectivity index (χ0v) is 18.2. The van der Waals surface area contributed by atoms with Crippen molar-refractivity contribution in [2.24, 2.45) is 10.9 Å². The van der Waals surface area contributed by atoms with Crippen LogP contribution in [-0.2, 0) is 33.1 Å². The number of oxime groups is 1. The van der Waals surface area contributed by atoms with Crippen LogP contribution in [0.5, 0.6) is 0 Å². The molecule has 2 aliphatic heterocycles. The number of aliphatic hydroxyl groups is 1. The first-order valence-corrected chi connectivity index (χ1v) is 10.9. The fourth-order valence-corrected chi connectivity index (χ4v) is 4.50. The van der Waals surface area contributed by atoms with Gasteiger partial charge in [-0.15, -0.1) is 0 Å². The molecule has 2 aliphatic rings. The molecule has 3 N–H and O–H groups in total. The first kappa shape index (κ1) is 21.3. The Morgan fingerprint density at radius 2 is 2.15 bits per heavy atom. The Balaban J connectivity index is 1.70. The Kier molecular flexibility index (Phi) is 5.22. The predicted octanol–water partition coefficient (Wildman–Crippen LogP) is 1.78. The van der Waals surface area contributed by atoms with Gasteiger partial charge in [-0.3, -0.25) is 4.79 Å². The second-order valence-corrected chi connectivity index (χ2v) is 8.18. The highest BCUT2D eigenvalue weighted by molar-refractivity contribution is 6.02. The summed E-state index contributed by atoms with van der Waals surface area (Å²) < 4.78 is 6.74. The molecule has 0 bridgehead atoms. The number of nitrogens with zero attached hydrogens (tertiary/aromatic N) is 3. The summed E-state index contributed by atoms with van der Waals surface area (Å²) >= 11 is 0. The van der Waals surface area contributed by atoms with E-state index in [2.05, 4.69) is 5.16 Å². The molecular weight excluding hydrogens is 424 g/mol. The topological polar surface area (TPSA) is 129 Å². The summed E-state index contributed by atoms with van der Waals surface area (Å²) in [5.74, 6) is -0.742. The lowest BCUT2D eigenvalue weighted by molar-refractivity contribution is -0.172. The van der Waals surface area contributed by atoms with E-state index in [1.54, 1.807) is 23.8 Å². The van der Waals surface area contributed by atoms with Gasteiger partial charge in [-0.25, -0.2) is 9.78 Å². The van der Waals surface area contributed by atoms with Crippen LogP contribution >= 0.6 is 0 Å². The number of esters is 1. The van der Waals surface area contributed by atoms with E-state index in [9.17, 15) is 14.7 Å². The second kappa shape index (κ2) is 8.09. The van der Waals surface area contributed by atoms with Gasteiger partial charge in [0, 0.05) is 22.1 Å². The predicted molar refractivity (Wildman–Crippen MR) is 122 cm³/mol. The van der Waals surface area contributed by atoms with Crippen LogP contribution in [-0.4, -0.2) is 40.0 Å². The fourth-order valence-electron chi connectivity index (χ4n) is 4.50. The number of hydrogen-bond donors (Lipinski definition) is 2. The summed E-state index contributed by atoms with van der Waals surface area (Å²) in [6, 6.07) is 9.35. The van der Waals surface area contributed by atoms with Crippen LogP contribution in [0, 0.1) is 0 Å². The quantitative estimate of drug-likeness (QED) is 0.199. The molecule has 3 aromatic rings. The zero-order chi connectivity index (χ0) is 23.2. The molecular formula is C24H24N4O5. The molecule has 170 valence electrons. The molecule has 0 unspecified atom stereocenters. The van der Waals surface area contributed by atoms with Crippen molar-refractivity contribution in [3.05, 3.63) is 62.9 Å². The molecule has 0 amide bonds. The highest BCUT2D eigenvalue weighted by atomic mass is 16.6. The first-order valence-electron chi connectivity index (χ1n) is 10.9. The number of hydrogen-bond acceptors (Lipinski definition) is 8. The Hall–Kier alpha value is -3.56. The molecule has 33 heavy (non-hydrogen) atoms. The molecule has 1 aromatic carbocycles. The normalized spacial score (nSPS) is 18.8. The van der Waals surface area contributed by atoms with E-state index in [0.717, 1.165) is 22.0 Å². The molecule has 2 aromatic heterocycles. The minimum absolute atomic E-state index is 0.0950. The summed E-state index contributed by atoms with van der Waals surface area (Å²) in [6.07, 6.45) is 2.43. The van der Waals surface area contributed by atoms with Crippen molar-refractivity contribution in [2.75, 3.05) is 13.2 Å². The standard InChI is InChI=1S/C24H24N4O5/c1-2-24(31)18-10-20-21-16(12-28(20)22(29)17(18)13-32-23(24)30)15(11-26-33-9-5-8-25)14-6-3-4-7-19(14)27-21/h3-4,6-7,10-11,31H,2,5,8-9,12-13,25H2,1H3/t24-/m0/s1. The van der Waals surface area contributed by atoms with E-state index in [4.69, 9.17) is 20.3 Å². The average Bonchev–Trinajstić information content (AvgIpc) is 3.20. The molecule has 0 saturated carbocycles. The first-order chi connectivity index (χ1) is 16.0. The lowest BCUT2D eigenvalue weighted by Gasteiger charge is -2.31. The maximum absolute atomic E-state index is 13.4. The van der Waals surface area contributed by atoms with Gasteiger partial charge in [0.15, 0.2) is 5.60 Å². The van der Waals surface area contributed by atoms with Crippen LogP contribution in [0.15, 0.2) is 40.3 Å². The average molecular weight is 448 g/mol. The lowest BCUT2D eigenvalue weighted by atomic mass is 9.86. The summed E-state index contributed by atoms with van der Waals surface area (Å²) in [7, 11) is 0. The SMILES string of the molecule is CC[C@@]1(O)C(=O)OCc2c1cc1n(c2=O)Cc2c-1nc1ccccc1c2C=NOCCCN. The van der Waals surface area contributed by atoms with Gasteiger partial charge in [-0.1, -0.05) is 30.3 Å². The molecule has 0 spiro atoms. The Morgan fingerprint density at radius 3 is 2.94 bits per heavy atom. The highest BCUT2D eigenvalue weighted by Crippen LogP contribution is 2.39. The fraction of sp³-hybridized carbons (Fsp3) is 0.333. The van der Waals surface area contributed by atoms with E-state index in [1.807, 2.05) is 24.3 Å². The molecule has 5 rings (SSSR count). The van der Waals surface area contributed by atoms with Crippen molar-refractivity contribution in [3.8, 4) is 11.4 Å². The van der Waals surface area contributed by atoms with Gasteiger partial charge in [0.25, 0.3) is 5.56 Å². The van der Waals surface area contributed by atoms with Gasteiger partial charge >= 0.3 is 5.97 Å². The Morgan fingerprint density at radius 1 is 1.33 bits per heavy atom. The van der Waals surface area contributed by atoms with Gasteiger partial charge in [0.1, 0.15) is 13.2 Å².